The summed E-state index contributed by atoms with van der Waals surface area (Å²) in [6.07, 6.45) is 0.580. The maximum Gasteiger partial charge on any atom is 0.335 e. The molecule has 2 aromatic carbocycles. The zero-order chi connectivity index (χ0) is 19.1. The van der Waals surface area contributed by atoms with E-state index in [2.05, 4.69) is 5.32 Å². The highest BCUT2D eigenvalue weighted by Gasteiger charge is 2.20. The Balaban J connectivity index is 1.89. The van der Waals surface area contributed by atoms with Crippen LogP contribution in [0.1, 0.15) is 40.9 Å². The van der Waals surface area contributed by atoms with Gasteiger partial charge in [0.25, 0.3) is 0 Å². The molecule has 2 rings (SSSR count). The molecule has 0 radical (unpaired) electrons. The van der Waals surface area contributed by atoms with Gasteiger partial charge in [-0.15, -0.1) is 0 Å². The highest BCUT2D eigenvalue weighted by Crippen LogP contribution is 2.22. The molecule has 138 valence electrons. The molecule has 0 fully saturated rings. The molecule has 0 aliphatic rings. The lowest BCUT2D eigenvalue weighted by Crippen LogP contribution is -2.37. The molecule has 0 aromatic heterocycles. The summed E-state index contributed by atoms with van der Waals surface area (Å²) in [7, 11) is 1.60. The molecule has 0 saturated carbocycles. The van der Waals surface area contributed by atoms with Crippen LogP contribution in [0.3, 0.4) is 0 Å². The van der Waals surface area contributed by atoms with Crippen LogP contribution in [0, 0.1) is 0 Å². The van der Waals surface area contributed by atoms with E-state index in [0.717, 1.165) is 11.1 Å². The molecule has 0 saturated heterocycles. The van der Waals surface area contributed by atoms with Gasteiger partial charge >= 0.3 is 5.97 Å². The zero-order valence-corrected chi connectivity index (χ0v) is 15.5. The number of halogens is 1. The van der Waals surface area contributed by atoms with Gasteiger partial charge in [-0.1, -0.05) is 35.9 Å². The molecule has 2 aromatic rings. The fourth-order valence-electron chi connectivity index (χ4n) is 2.75. The average molecular weight is 376 g/mol. The van der Waals surface area contributed by atoms with Crippen LogP contribution in [0.15, 0.2) is 48.5 Å². The normalized spacial score (nSPS) is 13.0. The third-order valence-corrected chi connectivity index (χ3v) is 4.39. The summed E-state index contributed by atoms with van der Waals surface area (Å²) in [6, 6.07) is 13.7. The van der Waals surface area contributed by atoms with Crippen LogP contribution in [-0.4, -0.2) is 30.1 Å². The first-order valence-electron chi connectivity index (χ1n) is 8.30. The van der Waals surface area contributed by atoms with E-state index in [1.54, 1.807) is 43.5 Å². The van der Waals surface area contributed by atoms with Gasteiger partial charge in [0.05, 0.1) is 11.6 Å². The zero-order valence-electron chi connectivity index (χ0n) is 14.7. The van der Waals surface area contributed by atoms with Gasteiger partial charge in [0.2, 0.25) is 5.91 Å². The first-order chi connectivity index (χ1) is 12.4. The van der Waals surface area contributed by atoms with Crippen LogP contribution in [0.25, 0.3) is 0 Å². The van der Waals surface area contributed by atoms with Crippen molar-refractivity contribution >= 4 is 23.5 Å². The third-order valence-electron chi connectivity index (χ3n) is 4.14. The van der Waals surface area contributed by atoms with Crippen molar-refractivity contribution < 1.29 is 19.4 Å². The largest absolute Gasteiger partial charge is 0.478 e. The molecule has 2 atom stereocenters. The Morgan fingerprint density at radius 2 is 1.73 bits per heavy atom. The van der Waals surface area contributed by atoms with Crippen molar-refractivity contribution in [3.8, 4) is 0 Å². The molecule has 5 nitrogen and oxygen atoms in total. The first-order valence-corrected chi connectivity index (χ1v) is 8.68. The summed E-state index contributed by atoms with van der Waals surface area (Å²) < 4.78 is 5.52. The molecule has 0 heterocycles. The minimum atomic E-state index is -0.962. The van der Waals surface area contributed by atoms with E-state index in [1.807, 2.05) is 19.1 Å². The molecule has 0 bridgehead atoms. The number of carbonyl (C=O) groups is 2. The second-order valence-electron chi connectivity index (χ2n) is 6.07. The van der Waals surface area contributed by atoms with E-state index in [9.17, 15) is 9.59 Å². The van der Waals surface area contributed by atoms with Gasteiger partial charge < -0.3 is 15.2 Å². The van der Waals surface area contributed by atoms with E-state index in [-0.39, 0.29) is 23.6 Å². The van der Waals surface area contributed by atoms with Gasteiger partial charge in [-0.2, -0.15) is 0 Å². The molecule has 0 spiro atoms. The highest BCUT2D eigenvalue weighted by atomic mass is 35.5. The first kappa shape index (κ1) is 19.9. The van der Waals surface area contributed by atoms with Gasteiger partial charge in [-0.3, -0.25) is 4.79 Å². The second-order valence-corrected chi connectivity index (χ2v) is 6.50. The van der Waals surface area contributed by atoms with Crippen LogP contribution in [0.2, 0.25) is 5.02 Å². The quantitative estimate of drug-likeness (QED) is 0.734. The van der Waals surface area contributed by atoms with Gasteiger partial charge in [-0.05, 0) is 48.7 Å². The number of hydrogen-bond acceptors (Lipinski definition) is 3. The summed E-state index contributed by atoms with van der Waals surface area (Å²) in [5.41, 5.74) is 2.09. The number of hydrogen-bond donors (Lipinski definition) is 2. The van der Waals surface area contributed by atoms with Crippen molar-refractivity contribution in [1.29, 1.82) is 0 Å². The number of rotatable bonds is 8. The number of amides is 1. The van der Waals surface area contributed by atoms with E-state index in [1.165, 1.54) is 0 Å². The van der Waals surface area contributed by atoms with Crippen molar-refractivity contribution in [1.82, 2.24) is 5.32 Å². The Kier molecular flexibility index (Phi) is 7.18. The average Bonchev–Trinajstić information content (AvgIpc) is 2.62. The number of carbonyl (C=O) groups excluding carboxylic acids is 1. The molecule has 0 aliphatic heterocycles. The van der Waals surface area contributed by atoms with Gasteiger partial charge in [-0.25, -0.2) is 4.79 Å². The van der Waals surface area contributed by atoms with E-state index in [0.29, 0.717) is 17.9 Å². The summed E-state index contributed by atoms with van der Waals surface area (Å²) >= 11 is 5.91. The highest BCUT2D eigenvalue weighted by molar-refractivity contribution is 6.30. The fourth-order valence-corrected chi connectivity index (χ4v) is 2.88. The number of ether oxygens (including phenoxy) is 1. The summed E-state index contributed by atoms with van der Waals surface area (Å²) in [5.74, 6) is -1.05. The number of aryl methyl sites for hydroxylation is 1. The molecule has 0 aliphatic carbocycles. The third kappa shape index (κ3) is 5.58. The lowest BCUT2D eigenvalue weighted by Gasteiger charge is -2.24. The maximum absolute atomic E-state index is 12.2. The Morgan fingerprint density at radius 1 is 1.12 bits per heavy atom. The van der Waals surface area contributed by atoms with Crippen LogP contribution < -0.4 is 5.32 Å². The monoisotopic (exact) mass is 375 g/mol. The predicted molar refractivity (Wildman–Crippen MR) is 101 cm³/mol. The molecule has 2 N–H and O–H groups in total. The lowest BCUT2D eigenvalue weighted by molar-refractivity contribution is -0.122. The molecule has 26 heavy (non-hydrogen) atoms. The summed E-state index contributed by atoms with van der Waals surface area (Å²) in [4.78, 5) is 23.1. The summed E-state index contributed by atoms with van der Waals surface area (Å²) in [5, 5.41) is 12.5. The molecule has 1 amide bonds. The van der Waals surface area contributed by atoms with Crippen molar-refractivity contribution in [3.63, 3.8) is 0 Å². The van der Waals surface area contributed by atoms with E-state index in [4.69, 9.17) is 21.4 Å². The SMILES string of the molecule is COC(c1ccc(Cl)cc1)C(C)NC(=O)CCc1ccc(C(=O)O)cc1. The molecule has 2 unspecified atom stereocenters. The van der Waals surface area contributed by atoms with Crippen molar-refractivity contribution in [2.45, 2.75) is 31.9 Å². The standard InChI is InChI=1S/C20H22ClNO4/c1-13(19(26-2)15-8-10-17(21)11-9-15)22-18(23)12-5-14-3-6-16(7-4-14)20(24)25/h3-4,6-11,13,19H,5,12H2,1-2H3,(H,22,23)(H,24,25). The van der Waals surface area contributed by atoms with Gasteiger partial charge in [0.1, 0.15) is 6.10 Å². The van der Waals surface area contributed by atoms with Gasteiger partial charge in [0, 0.05) is 18.6 Å². The van der Waals surface area contributed by atoms with Crippen molar-refractivity contribution in [2.24, 2.45) is 0 Å². The lowest BCUT2D eigenvalue weighted by atomic mass is 10.0. The number of carboxylic acids is 1. The van der Waals surface area contributed by atoms with Crippen LogP contribution in [0.5, 0.6) is 0 Å². The van der Waals surface area contributed by atoms with Crippen molar-refractivity contribution in [2.75, 3.05) is 7.11 Å². The Labute approximate surface area is 157 Å². The number of nitrogens with one attached hydrogen (secondary N) is 1. The number of aromatic carboxylic acids is 1. The molecular weight excluding hydrogens is 354 g/mol. The minimum Gasteiger partial charge on any atom is -0.478 e. The fraction of sp³-hybridized carbons (Fsp3) is 0.300. The molecular formula is C20H22ClNO4. The Bertz CT molecular complexity index is 743. The Morgan fingerprint density at radius 3 is 2.27 bits per heavy atom. The smallest absolute Gasteiger partial charge is 0.335 e. The summed E-state index contributed by atoms with van der Waals surface area (Å²) in [6.45, 7) is 1.89. The van der Waals surface area contributed by atoms with Crippen LogP contribution >= 0.6 is 11.6 Å². The molecule has 6 heteroatoms. The topological polar surface area (TPSA) is 75.6 Å². The Hall–Kier alpha value is -2.37. The number of carboxylic acid groups (broad SMARTS) is 1. The van der Waals surface area contributed by atoms with Crippen LogP contribution in [0.4, 0.5) is 0 Å². The minimum absolute atomic E-state index is 0.0872. The number of benzene rings is 2. The van der Waals surface area contributed by atoms with Gasteiger partial charge in [0.15, 0.2) is 0 Å². The second kappa shape index (κ2) is 9.36. The number of methoxy groups -OCH3 is 1. The van der Waals surface area contributed by atoms with Crippen LogP contribution in [-0.2, 0) is 16.0 Å². The van der Waals surface area contributed by atoms with E-state index < -0.39 is 5.97 Å². The maximum atomic E-state index is 12.2. The predicted octanol–water partition coefficient (Wildman–Crippen LogP) is 3.86. The van der Waals surface area contributed by atoms with E-state index >= 15 is 0 Å². The van der Waals surface area contributed by atoms with Crippen molar-refractivity contribution in [3.05, 3.63) is 70.2 Å².